The highest BCUT2D eigenvalue weighted by atomic mass is 127. The third-order valence-electron chi connectivity index (χ3n) is 3.98. The summed E-state index contributed by atoms with van der Waals surface area (Å²) >= 11 is 0. The van der Waals surface area contributed by atoms with Crippen molar-refractivity contribution in [3.63, 3.8) is 0 Å². The SMILES string of the molecule is CCNC(=NCc1nncn1CC)NCC(C)c1ccc(C)cc1.I. The van der Waals surface area contributed by atoms with Crippen LogP contribution in [0.2, 0.25) is 0 Å². The molecule has 0 amide bonds. The van der Waals surface area contributed by atoms with Crippen LogP contribution in [0.25, 0.3) is 0 Å². The average molecular weight is 456 g/mol. The zero-order valence-electron chi connectivity index (χ0n) is 15.5. The number of hydrogen-bond acceptors (Lipinski definition) is 3. The average Bonchev–Trinajstić information content (AvgIpc) is 3.05. The number of benzene rings is 1. The second kappa shape index (κ2) is 11.1. The number of guanidine groups is 1. The molecule has 25 heavy (non-hydrogen) atoms. The molecule has 0 aliphatic carbocycles. The van der Waals surface area contributed by atoms with Crippen molar-refractivity contribution >= 4 is 29.9 Å². The van der Waals surface area contributed by atoms with Crippen molar-refractivity contribution < 1.29 is 0 Å². The smallest absolute Gasteiger partial charge is 0.191 e. The van der Waals surface area contributed by atoms with Gasteiger partial charge in [0.1, 0.15) is 12.9 Å². The second-order valence-electron chi connectivity index (χ2n) is 5.92. The fourth-order valence-corrected chi connectivity index (χ4v) is 2.42. The first-order chi connectivity index (χ1) is 11.6. The number of halogens is 1. The first kappa shape index (κ1) is 21.4. The molecule has 1 heterocycles. The van der Waals surface area contributed by atoms with E-state index in [9.17, 15) is 0 Å². The van der Waals surface area contributed by atoms with Crippen LogP contribution in [0.3, 0.4) is 0 Å². The molecule has 7 heteroatoms. The summed E-state index contributed by atoms with van der Waals surface area (Å²) in [7, 11) is 0. The molecule has 138 valence electrons. The largest absolute Gasteiger partial charge is 0.357 e. The van der Waals surface area contributed by atoms with Crippen LogP contribution in [-0.2, 0) is 13.1 Å². The van der Waals surface area contributed by atoms with Gasteiger partial charge in [-0.2, -0.15) is 0 Å². The molecule has 0 bridgehead atoms. The highest BCUT2D eigenvalue weighted by molar-refractivity contribution is 14.0. The van der Waals surface area contributed by atoms with Gasteiger partial charge in [0.2, 0.25) is 0 Å². The molecule has 0 fully saturated rings. The van der Waals surface area contributed by atoms with Crippen LogP contribution >= 0.6 is 24.0 Å². The lowest BCUT2D eigenvalue weighted by Gasteiger charge is -2.16. The second-order valence-corrected chi connectivity index (χ2v) is 5.92. The Morgan fingerprint density at radius 1 is 1.20 bits per heavy atom. The summed E-state index contributed by atoms with van der Waals surface area (Å²) in [5.41, 5.74) is 2.61. The minimum absolute atomic E-state index is 0. The highest BCUT2D eigenvalue weighted by Gasteiger charge is 2.07. The Labute approximate surface area is 167 Å². The molecule has 2 aromatic rings. The van der Waals surface area contributed by atoms with Gasteiger partial charge in [0.25, 0.3) is 0 Å². The number of aryl methyl sites for hydroxylation is 2. The minimum Gasteiger partial charge on any atom is -0.357 e. The number of rotatable bonds is 7. The van der Waals surface area contributed by atoms with Crippen molar-refractivity contribution in [1.82, 2.24) is 25.4 Å². The molecule has 1 aromatic carbocycles. The molecular formula is C18H29IN6. The van der Waals surface area contributed by atoms with Gasteiger partial charge in [-0.25, -0.2) is 4.99 Å². The van der Waals surface area contributed by atoms with E-state index >= 15 is 0 Å². The standard InChI is InChI=1S/C18H28N6.HI/c1-5-19-18(21-12-17-23-22-13-24(17)6-2)20-11-15(4)16-9-7-14(3)8-10-16;/h7-10,13,15H,5-6,11-12H2,1-4H3,(H2,19,20,21);1H. The van der Waals surface area contributed by atoms with Gasteiger partial charge >= 0.3 is 0 Å². The van der Waals surface area contributed by atoms with Crippen LogP contribution in [0.4, 0.5) is 0 Å². The zero-order valence-corrected chi connectivity index (χ0v) is 17.8. The number of hydrogen-bond donors (Lipinski definition) is 2. The summed E-state index contributed by atoms with van der Waals surface area (Å²) in [6.07, 6.45) is 1.74. The summed E-state index contributed by atoms with van der Waals surface area (Å²) in [5.74, 6) is 2.09. The predicted octanol–water partition coefficient (Wildman–Crippen LogP) is 3.08. The molecule has 0 aliphatic heterocycles. The summed E-state index contributed by atoms with van der Waals surface area (Å²) in [5, 5.41) is 14.8. The fourth-order valence-electron chi connectivity index (χ4n) is 2.42. The van der Waals surface area contributed by atoms with E-state index in [1.54, 1.807) is 6.33 Å². The lowest BCUT2D eigenvalue weighted by Crippen LogP contribution is -2.39. The van der Waals surface area contributed by atoms with Crippen molar-refractivity contribution in [2.24, 2.45) is 4.99 Å². The van der Waals surface area contributed by atoms with E-state index in [0.717, 1.165) is 31.4 Å². The maximum Gasteiger partial charge on any atom is 0.191 e. The van der Waals surface area contributed by atoms with Crippen LogP contribution < -0.4 is 10.6 Å². The Hall–Kier alpha value is -1.64. The first-order valence-electron chi connectivity index (χ1n) is 8.59. The van der Waals surface area contributed by atoms with Crippen LogP contribution in [0.1, 0.15) is 43.6 Å². The molecule has 0 saturated heterocycles. The molecule has 0 saturated carbocycles. The Morgan fingerprint density at radius 3 is 2.56 bits per heavy atom. The normalized spacial score (nSPS) is 12.4. The van der Waals surface area contributed by atoms with Crippen LogP contribution in [0, 0.1) is 6.92 Å². The van der Waals surface area contributed by atoms with E-state index in [1.165, 1.54) is 11.1 Å². The molecule has 0 radical (unpaired) electrons. The number of nitrogens with one attached hydrogen (secondary N) is 2. The van der Waals surface area contributed by atoms with Gasteiger partial charge in [0.15, 0.2) is 11.8 Å². The topological polar surface area (TPSA) is 67.1 Å². The minimum atomic E-state index is 0. The maximum absolute atomic E-state index is 4.62. The van der Waals surface area contributed by atoms with Gasteiger partial charge in [-0.05, 0) is 32.3 Å². The van der Waals surface area contributed by atoms with Crippen LogP contribution in [0.5, 0.6) is 0 Å². The quantitative estimate of drug-likeness (QED) is 0.382. The van der Waals surface area contributed by atoms with E-state index in [-0.39, 0.29) is 24.0 Å². The third kappa shape index (κ3) is 6.64. The number of aromatic nitrogens is 3. The van der Waals surface area contributed by atoms with E-state index in [1.807, 2.05) is 4.57 Å². The molecule has 2 N–H and O–H groups in total. The summed E-state index contributed by atoms with van der Waals surface area (Å²) in [6.45, 7) is 11.5. The first-order valence-corrected chi connectivity index (χ1v) is 8.59. The van der Waals surface area contributed by atoms with Gasteiger partial charge in [0, 0.05) is 19.6 Å². The van der Waals surface area contributed by atoms with Crippen molar-refractivity contribution in [2.75, 3.05) is 13.1 Å². The van der Waals surface area contributed by atoms with E-state index < -0.39 is 0 Å². The lowest BCUT2D eigenvalue weighted by atomic mass is 10.0. The summed E-state index contributed by atoms with van der Waals surface area (Å²) in [6, 6.07) is 8.69. The maximum atomic E-state index is 4.62. The monoisotopic (exact) mass is 456 g/mol. The Kier molecular flexibility index (Phi) is 9.48. The van der Waals surface area contributed by atoms with Crippen molar-refractivity contribution in [2.45, 2.75) is 46.7 Å². The van der Waals surface area contributed by atoms with Crippen molar-refractivity contribution in [3.8, 4) is 0 Å². The highest BCUT2D eigenvalue weighted by Crippen LogP contribution is 2.14. The summed E-state index contributed by atoms with van der Waals surface area (Å²) < 4.78 is 2.00. The van der Waals surface area contributed by atoms with Crippen LogP contribution in [0.15, 0.2) is 35.6 Å². The lowest BCUT2D eigenvalue weighted by molar-refractivity contribution is 0.681. The van der Waals surface area contributed by atoms with E-state index in [0.29, 0.717) is 12.5 Å². The molecule has 1 aromatic heterocycles. The van der Waals surface area contributed by atoms with Crippen molar-refractivity contribution in [1.29, 1.82) is 0 Å². The zero-order chi connectivity index (χ0) is 17.4. The molecule has 0 aliphatic rings. The third-order valence-corrected chi connectivity index (χ3v) is 3.98. The summed E-state index contributed by atoms with van der Waals surface area (Å²) in [4.78, 5) is 4.62. The number of aliphatic imine (C=N–C) groups is 1. The van der Waals surface area contributed by atoms with Crippen LogP contribution in [-0.4, -0.2) is 33.8 Å². The predicted molar refractivity (Wildman–Crippen MR) is 114 cm³/mol. The van der Waals surface area contributed by atoms with Gasteiger partial charge in [-0.15, -0.1) is 34.2 Å². The Morgan fingerprint density at radius 2 is 1.92 bits per heavy atom. The molecule has 0 spiro atoms. The fraction of sp³-hybridized carbons (Fsp3) is 0.500. The molecule has 1 atom stereocenters. The molecule has 1 unspecified atom stereocenters. The molecule has 6 nitrogen and oxygen atoms in total. The van der Waals surface area contributed by atoms with Gasteiger partial charge in [0.05, 0.1) is 0 Å². The van der Waals surface area contributed by atoms with Crippen molar-refractivity contribution in [3.05, 3.63) is 47.5 Å². The van der Waals surface area contributed by atoms with E-state index in [2.05, 4.69) is 77.8 Å². The Balaban J connectivity index is 0.00000312. The Bertz CT molecular complexity index is 650. The van der Waals surface area contributed by atoms with Gasteiger partial charge in [-0.3, -0.25) is 0 Å². The van der Waals surface area contributed by atoms with Gasteiger partial charge < -0.3 is 15.2 Å². The molecule has 2 rings (SSSR count). The van der Waals surface area contributed by atoms with E-state index in [4.69, 9.17) is 0 Å². The van der Waals surface area contributed by atoms with Gasteiger partial charge in [-0.1, -0.05) is 36.8 Å². The number of nitrogens with zero attached hydrogens (tertiary/aromatic N) is 4. The molecular weight excluding hydrogens is 427 g/mol.